The number of carbonyl (C=O) groups excluding carboxylic acids is 4. The molecule has 6 N–H and O–H groups in total. The maximum absolute atomic E-state index is 14.1. The molecule has 5 rings (SSSR count). The van der Waals surface area contributed by atoms with Crippen LogP contribution in [0, 0.1) is 5.92 Å². The third-order valence-corrected chi connectivity index (χ3v) is 8.99. The number of nitrogens with one attached hydrogen (secondary N) is 4. The molecular weight excluding hydrogens is 590 g/mol. The zero-order valence-corrected chi connectivity index (χ0v) is 27.0. The Bertz CT molecular complexity index is 1720. The average Bonchev–Trinajstić information content (AvgIpc) is 3.09. The van der Waals surface area contributed by atoms with Gasteiger partial charge in [-0.2, -0.15) is 0 Å². The first-order valence-electron chi connectivity index (χ1n) is 16.7. The molecule has 1 saturated heterocycles. The lowest BCUT2D eigenvalue weighted by Gasteiger charge is -2.27. The lowest BCUT2D eigenvalue weighted by atomic mass is 9.95. The molecule has 0 aromatic heterocycles. The van der Waals surface area contributed by atoms with Crippen molar-refractivity contribution in [2.45, 2.75) is 70.0 Å². The molecule has 4 aromatic rings. The SMILES string of the molecule is CCCC[C@H](NC(=O)[C@@H](Cc1ccc2ccccc2c1)NC(=O)[C@@H](Cc1ccc2ccccc2c1)NC(=O)C1CCNCC1)C(N)=O. The van der Waals surface area contributed by atoms with Gasteiger partial charge >= 0.3 is 0 Å². The summed E-state index contributed by atoms with van der Waals surface area (Å²) >= 11 is 0. The summed E-state index contributed by atoms with van der Waals surface area (Å²) in [5, 5.41) is 16.2. The van der Waals surface area contributed by atoms with E-state index in [1.807, 2.05) is 91.9 Å². The van der Waals surface area contributed by atoms with Gasteiger partial charge in [-0.1, -0.05) is 105 Å². The van der Waals surface area contributed by atoms with Gasteiger partial charge in [0, 0.05) is 18.8 Å². The molecule has 47 heavy (non-hydrogen) atoms. The van der Waals surface area contributed by atoms with Gasteiger partial charge in [-0.05, 0) is 65.0 Å². The number of fused-ring (bicyclic) bond motifs is 2. The van der Waals surface area contributed by atoms with Crippen LogP contribution in [0.25, 0.3) is 21.5 Å². The van der Waals surface area contributed by atoms with E-state index in [1.54, 1.807) is 0 Å². The quantitative estimate of drug-likeness (QED) is 0.143. The zero-order chi connectivity index (χ0) is 33.2. The minimum absolute atomic E-state index is 0.170. The second-order valence-corrected chi connectivity index (χ2v) is 12.5. The minimum atomic E-state index is -1.01. The van der Waals surface area contributed by atoms with Crippen LogP contribution >= 0.6 is 0 Å². The van der Waals surface area contributed by atoms with E-state index in [0.717, 1.165) is 52.2 Å². The lowest BCUT2D eigenvalue weighted by molar-refractivity contribution is -0.134. The minimum Gasteiger partial charge on any atom is -0.368 e. The molecular formula is C38H45N5O4. The molecule has 4 aromatic carbocycles. The highest BCUT2D eigenvalue weighted by atomic mass is 16.2. The van der Waals surface area contributed by atoms with E-state index in [4.69, 9.17) is 5.73 Å². The Balaban J connectivity index is 1.41. The monoisotopic (exact) mass is 635 g/mol. The summed E-state index contributed by atoms with van der Waals surface area (Å²) in [5.41, 5.74) is 7.38. The van der Waals surface area contributed by atoms with Crippen molar-refractivity contribution in [1.82, 2.24) is 21.3 Å². The highest BCUT2D eigenvalue weighted by molar-refractivity contribution is 5.95. The van der Waals surface area contributed by atoms with Gasteiger partial charge in [0.05, 0.1) is 0 Å². The fourth-order valence-electron chi connectivity index (χ4n) is 6.23. The Kier molecular flexibility index (Phi) is 11.6. The summed E-state index contributed by atoms with van der Waals surface area (Å²) in [6, 6.07) is 25.0. The van der Waals surface area contributed by atoms with E-state index < -0.39 is 35.8 Å². The highest BCUT2D eigenvalue weighted by Crippen LogP contribution is 2.20. The van der Waals surface area contributed by atoms with Gasteiger partial charge in [0.2, 0.25) is 23.6 Å². The van der Waals surface area contributed by atoms with E-state index in [1.165, 1.54) is 0 Å². The van der Waals surface area contributed by atoms with Crippen LogP contribution in [0.4, 0.5) is 0 Å². The Morgan fingerprint density at radius 1 is 0.702 bits per heavy atom. The van der Waals surface area contributed by atoms with E-state index in [0.29, 0.717) is 25.7 Å². The number of amides is 4. The second kappa shape index (κ2) is 16.2. The van der Waals surface area contributed by atoms with Crippen LogP contribution in [0.3, 0.4) is 0 Å². The fourth-order valence-corrected chi connectivity index (χ4v) is 6.23. The molecule has 1 heterocycles. The molecule has 0 aliphatic carbocycles. The molecule has 246 valence electrons. The summed E-state index contributed by atoms with van der Waals surface area (Å²) in [7, 11) is 0. The topological polar surface area (TPSA) is 142 Å². The smallest absolute Gasteiger partial charge is 0.243 e. The van der Waals surface area contributed by atoms with Gasteiger partial charge in [-0.25, -0.2) is 0 Å². The van der Waals surface area contributed by atoms with Crippen molar-refractivity contribution < 1.29 is 19.2 Å². The van der Waals surface area contributed by atoms with Crippen LogP contribution in [0.1, 0.15) is 50.2 Å². The summed E-state index contributed by atoms with van der Waals surface area (Å²) in [6.45, 7) is 3.48. The summed E-state index contributed by atoms with van der Waals surface area (Å²) in [5.74, 6) is -1.96. The maximum atomic E-state index is 14.1. The number of nitrogens with two attached hydrogens (primary N) is 1. The Morgan fingerprint density at radius 3 is 1.70 bits per heavy atom. The molecule has 4 amide bonds. The molecule has 1 aliphatic heterocycles. The molecule has 9 nitrogen and oxygen atoms in total. The van der Waals surface area contributed by atoms with Gasteiger partial charge < -0.3 is 27.0 Å². The zero-order valence-electron chi connectivity index (χ0n) is 27.0. The first-order valence-corrected chi connectivity index (χ1v) is 16.7. The molecule has 9 heteroatoms. The van der Waals surface area contributed by atoms with Crippen LogP contribution in [0.2, 0.25) is 0 Å². The van der Waals surface area contributed by atoms with E-state index >= 15 is 0 Å². The van der Waals surface area contributed by atoms with Crippen molar-refractivity contribution in [3.05, 3.63) is 96.1 Å². The van der Waals surface area contributed by atoms with Crippen LogP contribution < -0.4 is 27.0 Å². The second-order valence-electron chi connectivity index (χ2n) is 12.5. The summed E-state index contributed by atoms with van der Waals surface area (Å²) in [4.78, 5) is 53.6. The number of hydrogen-bond acceptors (Lipinski definition) is 5. The van der Waals surface area contributed by atoms with Crippen LogP contribution in [-0.4, -0.2) is 54.8 Å². The Morgan fingerprint density at radius 2 is 1.19 bits per heavy atom. The number of unbranched alkanes of at least 4 members (excludes halogenated alkanes) is 1. The predicted molar refractivity (Wildman–Crippen MR) is 185 cm³/mol. The van der Waals surface area contributed by atoms with Gasteiger partial charge in [0.25, 0.3) is 0 Å². The van der Waals surface area contributed by atoms with E-state index in [9.17, 15) is 19.2 Å². The van der Waals surface area contributed by atoms with Crippen LogP contribution in [0.5, 0.6) is 0 Å². The van der Waals surface area contributed by atoms with Crippen LogP contribution in [-0.2, 0) is 32.0 Å². The van der Waals surface area contributed by atoms with Gasteiger partial charge in [0.15, 0.2) is 0 Å². The van der Waals surface area contributed by atoms with Crippen molar-refractivity contribution in [1.29, 1.82) is 0 Å². The molecule has 0 bridgehead atoms. The number of piperidine rings is 1. The normalized spacial score (nSPS) is 15.4. The first kappa shape index (κ1) is 33.6. The molecule has 0 unspecified atom stereocenters. The van der Waals surface area contributed by atoms with Crippen molar-refractivity contribution in [3.63, 3.8) is 0 Å². The number of benzene rings is 4. The third kappa shape index (κ3) is 9.16. The number of hydrogen-bond donors (Lipinski definition) is 5. The van der Waals surface area contributed by atoms with E-state index in [2.05, 4.69) is 21.3 Å². The highest BCUT2D eigenvalue weighted by Gasteiger charge is 2.31. The third-order valence-electron chi connectivity index (χ3n) is 8.99. The van der Waals surface area contributed by atoms with Crippen molar-refractivity contribution in [2.75, 3.05) is 13.1 Å². The Labute approximate surface area is 276 Å². The van der Waals surface area contributed by atoms with Gasteiger partial charge in [-0.15, -0.1) is 0 Å². The van der Waals surface area contributed by atoms with Crippen molar-refractivity contribution >= 4 is 45.2 Å². The fraction of sp³-hybridized carbons (Fsp3) is 0.368. The van der Waals surface area contributed by atoms with Gasteiger partial charge in [-0.3, -0.25) is 19.2 Å². The lowest BCUT2D eigenvalue weighted by Crippen LogP contribution is -2.58. The largest absolute Gasteiger partial charge is 0.368 e. The molecule has 1 fully saturated rings. The maximum Gasteiger partial charge on any atom is 0.243 e. The number of carbonyl (C=O) groups is 4. The molecule has 1 aliphatic rings. The van der Waals surface area contributed by atoms with Crippen molar-refractivity contribution in [2.24, 2.45) is 11.7 Å². The van der Waals surface area contributed by atoms with Crippen molar-refractivity contribution in [3.8, 4) is 0 Å². The molecule has 3 atom stereocenters. The van der Waals surface area contributed by atoms with E-state index in [-0.39, 0.29) is 24.7 Å². The summed E-state index contributed by atoms with van der Waals surface area (Å²) < 4.78 is 0. The number of primary amides is 1. The molecule has 0 radical (unpaired) electrons. The summed E-state index contributed by atoms with van der Waals surface area (Å²) in [6.07, 6.45) is 3.77. The number of rotatable bonds is 14. The average molecular weight is 636 g/mol. The van der Waals surface area contributed by atoms with Gasteiger partial charge in [0.1, 0.15) is 18.1 Å². The standard InChI is InChI=1S/C38H45N5O4/c1-2-3-12-32(35(39)44)41-37(46)34(24-26-14-16-28-9-5-7-11-31(28)22-26)43-38(47)33(42-36(45)29-17-19-40-20-18-29)23-25-13-15-27-8-4-6-10-30(27)21-25/h4-11,13-16,21-22,29,32-34,40H,2-3,12,17-20,23-24H2,1H3,(H2,39,44)(H,41,46)(H,42,45)(H,43,47)/t32-,33+,34+/m0/s1. The Hall–Kier alpha value is -4.76. The van der Waals surface area contributed by atoms with Crippen LogP contribution in [0.15, 0.2) is 84.9 Å². The first-order chi connectivity index (χ1) is 22.8. The predicted octanol–water partition coefficient (Wildman–Crippen LogP) is 3.91. The molecule has 0 spiro atoms. The molecule has 0 saturated carbocycles.